The van der Waals surface area contributed by atoms with Crippen LogP contribution in [-0.4, -0.2) is 33.9 Å². The van der Waals surface area contributed by atoms with Crippen LogP contribution in [0.4, 0.5) is 5.69 Å². The van der Waals surface area contributed by atoms with Gasteiger partial charge < -0.3 is 10.0 Å². The molecule has 1 fully saturated rings. The summed E-state index contributed by atoms with van der Waals surface area (Å²) in [7, 11) is 0. The van der Waals surface area contributed by atoms with Crippen molar-refractivity contribution < 1.29 is 9.90 Å². The van der Waals surface area contributed by atoms with Crippen molar-refractivity contribution in [3.05, 3.63) is 22.6 Å². The van der Waals surface area contributed by atoms with Gasteiger partial charge in [-0.15, -0.1) is 0 Å². The molecule has 0 spiro atoms. The lowest BCUT2D eigenvalue weighted by molar-refractivity contribution is -0.147. The van der Waals surface area contributed by atoms with E-state index in [1.807, 2.05) is 0 Å². The second kappa shape index (κ2) is 6.28. The highest BCUT2D eigenvalue weighted by molar-refractivity contribution is 5.73. The summed E-state index contributed by atoms with van der Waals surface area (Å²) in [6.45, 7) is 5.82. The van der Waals surface area contributed by atoms with Crippen LogP contribution in [0.25, 0.3) is 0 Å². The molecule has 1 saturated heterocycles. The molecule has 0 bridgehead atoms. The minimum absolute atomic E-state index is 0.118. The molecule has 1 aromatic heterocycles. The minimum atomic E-state index is -0.813. The van der Waals surface area contributed by atoms with Crippen molar-refractivity contribution in [2.75, 3.05) is 18.0 Å². The molecule has 21 heavy (non-hydrogen) atoms. The van der Waals surface area contributed by atoms with E-state index >= 15 is 0 Å². The maximum Gasteiger partial charge on any atom is 0.309 e. The quantitative estimate of drug-likeness (QED) is 0.864. The average Bonchev–Trinajstić information content (AvgIpc) is 2.94. The van der Waals surface area contributed by atoms with Crippen LogP contribution >= 0.6 is 0 Å². The molecular weight excluding hydrogens is 270 g/mol. The molecule has 0 aromatic carbocycles. The number of nitrogens with zero attached hydrogens (tertiary/aromatic N) is 3. The lowest BCUT2D eigenvalue weighted by Gasteiger charge is -2.19. The van der Waals surface area contributed by atoms with Gasteiger partial charge in [-0.05, 0) is 39.5 Å². The second-order valence-corrected chi connectivity index (χ2v) is 6.26. The number of carbonyl (C=O) groups is 1. The molecule has 0 unspecified atom stereocenters. The summed E-state index contributed by atoms with van der Waals surface area (Å²) in [6, 6.07) is 1.63. The first-order valence-corrected chi connectivity index (χ1v) is 7.46. The summed E-state index contributed by atoms with van der Waals surface area (Å²) in [4.78, 5) is 25.2. The van der Waals surface area contributed by atoms with E-state index < -0.39 is 11.4 Å². The minimum Gasteiger partial charge on any atom is -0.481 e. The number of aryl methyl sites for hydroxylation is 1. The number of anilines is 1. The largest absolute Gasteiger partial charge is 0.481 e. The highest BCUT2D eigenvalue weighted by Crippen LogP contribution is 2.22. The Morgan fingerprint density at radius 2 is 2.05 bits per heavy atom. The normalized spacial score (nSPS) is 15.4. The van der Waals surface area contributed by atoms with Crippen LogP contribution in [0.2, 0.25) is 0 Å². The Bertz CT molecular complexity index is 560. The molecule has 6 heteroatoms. The third kappa shape index (κ3) is 3.83. The number of hydrogen-bond donors (Lipinski definition) is 1. The van der Waals surface area contributed by atoms with Crippen molar-refractivity contribution in [1.82, 2.24) is 9.78 Å². The van der Waals surface area contributed by atoms with Gasteiger partial charge in [-0.1, -0.05) is 0 Å². The Kier molecular flexibility index (Phi) is 4.65. The molecule has 6 nitrogen and oxygen atoms in total. The van der Waals surface area contributed by atoms with E-state index in [1.165, 1.54) is 4.68 Å². The molecule has 1 aliphatic heterocycles. The highest BCUT2D eigenvalue weighted by atomic mass is 16.4. The van der Waals surface area contributed by atoms with Crippen molar-refractivity contribution >= 4 is 11.7 Å². The molecule has 1 aromatic rings. The Balaban J connectivity index is 1.95. The second-order valence-electron chi connectivity index (χ2n) is 6.26. The van der Waals surface area contributed by atoms with Crippen LogP contribution in [0.15, 0.2) is 17.1 Å². The fraction of sp³-hybridized carbons (Fsp3) is 0.667. The third-order valence-corrected chi connectivity index (χ3v) is 4.08. The van der Waals surface area contributed by atoms with E-state index in [2.05, 4.69) is 10.00 Å². The molecule has 116 valence electrons. The summed E-state index contributed by atoms with van der Waals surface area (Å²) < 4.78 is 1.41. The maximum absolute atomic E-state index is 12.0. The van der Waals surface area contributed by atoms with Gasteiger partial charge in [0.15, 0.2) is 0 Å². The lowest BCUT2D eigenvalue weighted by Crippen LogP contribution is -2.28. The van der Waals surface area contributed by atoms with Crippen molar-refractivity contribution in [1.29, 1.82) is 0 Å². The molecule has 0 radical (unpaired) electrons. The maximum atomic E-state index is 12.0. The van der Waals surface area contributed by atoms with Crippen LogP contribution in [0, 0.1) is 5.41 Å². The molecule has 1 N–H and O–H groups in total. The number of aliphatic carboxylic acids is 1. The van der Waals surface area contributed by atoms with Crippen LogP contribution in [0.1, 0.15) is 39.5 Å². The van der Waals surface area contributed by atoms with Crippen molar-refractivity contribution in [3.63, 3.8) is 0 Å². The predicted octanol–water partition coefficient (Wildman–Crippen LogP) is 1.73. The van der Waals surface area contributed by atoms with Crippen molar-refractivity contribution in [2.45, 2.75) is 46.1 Å². The smallest absolute Gasteiger partial charge is 0.309 e. The molecule has 0 atom stereocenters. The zero-order valence-electron chi connectivity index (χ0n) is 12.7. The van der Waals surface area contributed by atoms with Crippen molar-refractivity contribution in [3.8, 4) is 0 Å². The number of carboxylic acid groups (broad SMARTS) is 1. The number of aromatic nitrogens is 2. The van der Waals surface area contributed by atoms with Gasteiger partial charge in [0.05, 0.1) is 17.3 Å². The van der Waals surface area contributed by atoms with Gasteiger partial charge in [-0.25, -0.2) is 4.68 Å². The summed E-state index contributed by atoms with van der Waals surface area (Å²) in [5.41, 5.74) is 0.00572. The Morgan fingerprint density at radius 1 is 1.38 bits per heavy atom. The topological polar surface area (TPSA) is 75.4 Å². The van der Waals surface area contributed by atoms with Crippen LogP contribution in [0.5, 0.6) is 0 Å². The fourth-order valence-corrected chi connectivity index (χ4v) is 2.52. The number of hydrogen-bond acceptors (Lipinski definition) is 4. The Hall–Kier alpha value is -1.85. The summed E-state index contributed by atoms with van der Waals surface area (Å²) >= 11 is 0. The van der Waals surface area contributed by atoms with E-state index in [9.17, 15) is 9.59 Å². The molecule has 1 aliphatic rings. The molecule has 2 rings (SSSR count). The lowest BCUT2D eigenvalue weighted by atomic mass is 9.88. The van der Waals surface area contributed by atoms with Gasteiger partial charge in [0.2, 0.25) is 0 Å². The van der Waals surface area contributed by atoms with Crippen LogP contribution in [0.3, 0.4) is 0 Å². The van der Waals surface area contributed by atoms with Crippen LogP contribution < -0.4 is 10.5 Å². The summed E-state index contributed by atoms with van der Waals surface area (Å²) in [6.07, 6.45) is 5.19. The van der Waals surface area contributed by atoms with Gasteiger partial charge in [0.25, 0.3) is 5.56 Å². The molecule has 0 aliphatic carbocycles. The number of rotatable bonds is 6. The van der Waals surface area contributed by atoms with E-state index in [0.29, 0.717) is 19.4 Å². The zero-order chi connectivity index (χ0) is 15.5. The molecule has 2 heterocycles. The van der Waals surface area contributed by atoms with Gasteiger partial charge in [0, 0.05) is 25.7 Å². The first-order valence-electron chi connectivity index (χ1n) is 7.46. The van der Waals surface area contributed by atoms with Gasteiger partial charge in [-0.2, -0.15) is 5.10 Å². The zero-order valence-corrected chi connectivity index (χ0v) is 12.7. The molecule has 0 saturated carbocycles. The molecular formula is C15H23N3O3. The third-order valence-electron chi connectivity index (χ3n) is 4.08. The van der Waals surface area contributed by atoms with Crippen molar-refractivity contribution in [2.24, 2.45) is 5.41 Å². The Labute approximate surface area is 124 Å². The first kappa shape index (κ1) is 15.5. The average molecular weight is 293 g/mol. The first-order chi connectivity index (χ1) is 9.90. The van der Waals surface area contributed by atoms with E-state index in [4.69, 9.17) is 5.11 Å². The molecule has 0 amide bonds. The SMILES string of the molecule is CC(C)(CCCn1ncc(N2CCCC2)cc1=O)C(=O)O. The van der Waals surface area contributed by atoms with Gasteiger partial charge >= 0.3 is 5.97 Å². The van der Waals surface area contributed by atoms with E-state index in [-0.39, 0.29) is 5.56 Å². The number of carboxylic acids is 1. The summed E-state index contributed by atoms with van der Waals surface area (Å²) in [5, 5.41) is 13.3. The highest BCUT2D eigenvalue weighted by Gasteiger charge is 2.26. The van der Waals surface area contributed by atoms with Gasteiger partial charge in [0.1, 0.15) is 0 Å². The monoisotopic (exact) mass is 293 g/mol. The predicted molar refractivity (Wildman–Crippen MR) is 80.6 cm³/mol. The standard InChI is InChI=1S/C15H23N3O3/c1-15(2,14(20)21)6-5-9-18-13(19)10-12(11-16-18)17-7-3-4-8-17/h10-11H,3-9H2,1-2H3,(H,20,21). The van der Waals surface area contributed by atoms with E-state index in [1.54, 1.807) is 26.1 Å². The Morgan fingerprint density at radius 3 is 2.62 bits per heavy atom. The van der Waals surface area contributed by atoms with Crippen LogP contribution in [-0.2, 0) is 11.3 Å². The van der Waals surface area contributed by atoms with Gasteiger partial charge in [-0.3, -0.25) is 9.59 Å². The summed E-state index contributed by atoms with van der Waals surface area (Å²) in [5.74, 6) is -0.813. The van der Waals surface area contributed by atoms with E-state index in [0.717, 1.165) is 31.6 Å². The fourth-order valence-electron chi connectivity index (χ4n) is 2.52.